The number of pyridine rings is 1. The van der Waals surface area contributed by atoms with Crippen LogP contribution in [0.25, 0.3) is 10.9 Å². The number of nitrogens with one attached hydrogen (secondary N) is 2. The molecule has 2 heterocycles. The highest BCUT2D eigenvalue weighted by Gasteiger charge is 2.56. The number of rotatable bonds is 2. The fourth-order valence-electron chi connectivity index (χ4n) is 6.95. The third-order valence-electron chi connectivity index (χ3n) is 8.53. The van der Waals surface area contributed by atoms with Gasteiger partial charge in [-0.3, -0.25) is 14.8 Å². The predicted octanol–water partition coefficient (Wildman–Crippen LogP) is 5.65. The van der Waals surface area contributed by atoms with Crippen molar-refractivity contribution in [2.75, 3.05) is 45.8 Å². The molecule has 0 spiro atoms. The molecule has 1 aliphatic heterocycles. The molecule has 0 amide bonds. The molecule has 0 radical (unpaired) electrons. The number of hydrogen-bond acceptors (Lipinski definition) is 6. The summed E-state index contributed by atoms with van der Waals surface area (Å²) in [7, 11) is 0. The molecule has 3 N–H and O–H groups in total. The van der Waals surface area contributed by atoms with Gasteiger partial charge in [-0.05, 0) is 81.8 Å². The number of benzene rings is 1. The molecule has 6 nitrogen and oxygen atoms in total. The molecule has 38 heavy (non-hydrogen) atoms. The van der Waals surface area contributed by atoms with Crippen molar-refractivity contribution in [1.29, 1.82) is 0 Å². The van der Waals surface area contributed by atoms with Crippen molar-refractivity contribution in [1.82, 2.24) is 25.4 Å². The smallest absolute Gasteiger partial charge is 0.141 e. The molecule has 0 bridgehead atoms. The number of fused-ring (bicyclic) bond motifs is 1. The van der Waals surface area contributed by atoms with Crippen molar-refractivity contribution in [3.05, 3.63) is 36.0 Å². The third kappa shape index (κ3) is 6.88. The minimum atomic E-state index is -0.0283. The molecule has 1 aromatic heterocycles. The van der Waals surface area contributed by atoms with E-state index in [1.54, 1.807) is 12.3 Å². The minimum absolute atomic E-state index is 0.0283. The Morgan fingerprint density at radius 3 is 2.18 bits per heavy atom. The van der Waals surface area contributed by atoms with Gasteiger partial charge in [0.05, 0.1) is 0 Å². The molecule has 214 valence electrons. The standard InChI is InChI=1S/C32H55N5O/c1-29(2,3)32(30(4,5)6)24-34-17-11-16-33-19-22-36(20-12-21-37(32)31(7,8)9)23-25-14-15-27(38)28-26(25)13-10-18-35-28/h10,13-15,18,33-34,38H,11-12,16-17,19-24H2,1-9H3. The van der Waals surface area contributed by atoms with Crippen LogP contribution in [0.2, 0.25) is 0 Å². The first-order chi connectivity index (χ1) is 17.7. The van der Waals surface area contributed by atoms with Crippen LogP contribution in [-0.4, -0.2) is 76.8 Å². The van der Waals surface area contributed by atoms with Crippen molar-refractivity contribution >= 4 is 10.9 Å². The van der Waals surface area contributed by atoms with Crippen LogP contribution >= 0.6 is 0 Å². The van der Waals surface area contributed by atoms with Crippen molar-refractivity contribution in [3.8, 4) is 5.75 Å². The van der Waals surface area contributed by atoms with Gasteiger partial charge in [-0.1, -0.05) is 53.7 Å². The molecular formula is C32H55N5O. The van der Waals surface area contributed by atoms with Gasteiger partial charge in [0, 0.05) is 55.4 Å². The summed E-state index contributed by atoms with van der Waals surface area (Å²) in [4.78, 5) is 9.85. The first kappa shape index (κ1) is 30.8. The zero-order valence-corrected chi connectivity index (χ0v) is 25.7. The van der Waals surface area contributed by atoms with Crippen LogP contribution in [0.4, 0.5) is 0 Å². The monoisotopic (exact) mass is 525 g/mol. The molecule has 0 unspecified atom stereocenters. The van der Waals surface area contributed by atoms with E-state index in [2.05, 4.69) is 99.9 Å². The van der Waals surface area contributed by atoms with Crippen molar-refractivity contribution in [3.63, 3.8) is 0 Å². The number of phenols is 1. The van der Waals surface area contributed by atoms with E-state index >= 15 is 0 Å². The molecule has 1 fully saturated rings. The van der Waals surface area contributed by atoms with Crippen LogP contribution in [0, 0.1) is 10.8 Å². The summed E-state index contributed by atoms with van der Waals surface area (Å²) < 4.78 is 0. The largest absolute Gasteiger partial charge is 0.506 e. The van der Waals surface area contributed by atoms with E-state index in [9.17, 15) is 5.11 Å². The fraction of sp³-hybridized carbons (Fsp3) is 0.719. The Balaban J connectivity index is 1.93. The van der Waals surface area contributed by atoms with E-state index in [1.165, 1.54) is 5.56 Å². The van der Waals surface area contributed by atoms with Crippen LogP contribution in [0.3, 0.4) is 0 Å². The highest BCUT2D eigenvalue weighted by atomic mass is 16.3. The molecule has 0 atom stereocenters. The lowest BCUT2D eigenvalue weighted by Gasteiger charge is -2.63. The topological polar surface area (TPSA) is 63.7 Å². The first-order valence-electron chi connectivity index (χ1n) is 14.7. The number of nitrogens with zero attached hydrogens (tertiary/aromatic N) is 3. The van der Waals surface area contributed by atoms with Gasteiger partial charge < -0.3 is 15.7 Å². The Bertz CT molecular complexity index is 1020. The summed E-state index contributed by atoms with van der Waals surface area (Å²) in [5, 5.41) is 19.0. The fourth-order valence-corrected chi connectivity index (χ4v) is 6.95. The van der Waals surface area contributed by atoms with Crippen LogP contribution < -0.4 is 10.6 Å². The van der Waals surface area contributed by atoms with E-state index < -0.39 is 0 Å². The van der Waals surface area contributed by atoms with E-state index in [-0.39, 0.29) is 27.7 Å². The molecular weight excluding hydrogens is 470 g/mol. The van der Waals surface area contributed by atoms with Crippen molar-refractivity contribution in [2.45, 2.75) is 92.8 Å². The molecule has 0 saturated carbocycles. The molecule has 2 aromatic rings. The molecule has 1 aliphatic rings. The summed E-state index contributed by atoms with van der Waals surface area (Å²) in [6.07, 6.45) is 3.97. The lowest BCUT2D eigenvalue weighted by molar-refractivity contribution is -0.127. The Hall–Kier alpha value is -1.73. The van der Waals surface area contributed by atoms with E-state index in [0.29, 0.717) is 5.52 Å². The second-order valence-electron chi connectivity index (χ2n) is 14.2. The average Bonchev–Trinajstić information content (AvgIpc) is 2.80. The molecule has 1 aromatic carbocycles. The van der Waals surface area contributed by atoms with E-state index in [0.717, 1.165) is 70.6 Å². The molecule has 3 rings (SSSR count). The molecule has 6 heteroatoms. The number of hydrogen-bond donors (Lipinski definition) is 3. The Labute approximate surface area is 232 Å². The number of aromatic nitrogens is 1. The average molecular weight is 526 g/mol. The minimum Gasteiger partial charge on any atom is -0.506 e. The predicted molar refractivity (Wildman–Crippen MR) is 162 cm³/mol. The zero-order chi connectivity index (χ0) is 28.2. The summed E-state index contributed by atoms with van der Waals surface area (Å²) in [6.45, 7) is 29.7. The zero-order valence-electron chi connectivity index (χ0n) is 25.7. The van der Waals surface area contributed by atoms with Gasteiger partial charge >= 0.3 is 0 Å². The van der Waals surface area contributed by atoms with Gasteiger partial charge in [-0.15, -0.1) is 0 Å². The van der Waals surface area contributed by atoms with Crippen LogP contribution in [0.1, 0.15) is 80.7 Å². The Morgan fingerprint density at radius 1 is 0.842 bits per heavy atom. The maximum atomic E-state index is 10.3. The normalized spacial score (nSPS) is 20.3. The third-order valence-corrected chi connectivity index (χ3v) is 8.53. The molecule has 1 saturated heterocycles. The van der Waals surface area contributed by atoms with Crippen LogP contribution in [0.15, 0.2) is 30.5 Å². The second-order valence-corrected chi connectivity index (χ2v) is 14.2. The summed E-state index contributed by atoms with van der Waals surface area (Å²) >= 11 is 0. The first-order valence-corrected chi connectivity index (χ1v) is 14.7. The van der Waals surface area contributed by atoms with Crippen LogP contribution in [-0.2, 0) is 6.54 Å². The quantitative estimate of drug-likeness (QED) is 0.471. The highest BCUT2D eigenvalue weighted by Crippen LogP contribution is 2.50. The van der Waals surface area contributed by atoms with Crippen molar-refractivity contribution < 1.29 is 5.11 Å². The van der Waals surface area contributed by atoms with Gasteiger partial charge in [0.15, 0.2) is 0 Å². The van der Waals surface area contributed by atoms with Crippen LogP contribution in [0.5, 0.6) is 5.75 Å². The number of aromatic hydroxyl groups is 1. The van der Waals surface area contributed by atoms with Gasteiger partial charge in [0.2, 0.25) is 0 Å². The maximum absolute atomic E-state index is 10.3. The van der Waals surface area contributed by atoms with Gasteiger partial charge in [0.1, 0.15) is 11.3 Å². The van der Waals surface area contributed by atoms with Gasteiger partial charge in [-0.2, -0.15) is 0 Å². The lowest BCUT2D eigenvalue weighted by atomic mass is 9.57. The van der Waals surface area contributed by atoms with Crippen molar-refractivity contribution in [2.24, 2.45) is 10.8 Å². The summed E-state index contributed by atoms with van der Waals surface area (Å²) in [6, 6.07) is 7.90. The summed E-state index contributed by atoms with van der Waals surface area (Å²) in [5.41, 5.74) is 2.08. The van der Waals surface area contributed by atoms with Gasteiger partial charge in [0.25, 0.3) is 0 Å². The Kier molecular flexibility index (Phi) is 9.89. The summed E-state index contributed by atoms with van der Waals surface area (Å²) in [5.74, 6) is 0.252. The van der Waals surface area contributed by atoms with Gasteiger partial charge in [-0.25, -0.2) is 0 Å². The van der Waals surface area contributed by atoms with E-state index in [4.69, 9.17) is 0 Å². The van der Waals surface area contributed by atoms with E-state index in [1.807, 2.05) is 6.07 Å². The SMILES string of the molecule is CC(C)(C)N1CCCN(Cc2ccc(O)c3ncccc23)CCNCCCNCC1(C(C)(C)C)C(C)(C)C. The lowest BCUT2D eigenvalue weighted by Crippen LogP contribution is -2.73. The highest BCUT2D eigenvalue weighted by molar-refractivity contribution is 5.87. The number of phenolic OH excluding ortho intramolecular Hbond substituents is 1. The second kappa shape index (κ2) is 12.2. The molecule has 0 aliphatic carbocycles. The Morgan fingerprint density at radius 2 is 1.53 bits per heavy atom. The maximum Gasteiger partial charge on any atom is 0.141 e.